The Bertz CT molecular complexity index is 1400. The molecule has 1 aliphatic heterocycles. The number of nitrogens with one attached hydrogen (secondary N) is 2. The molecule has 8 heteroatoms. The van der Waals surface area contributed by atoms with Gasteiger partial charge in [0.05, 0.1) is 13.3 Å². The van der Waals surface area contributed by atoms with E-state index in [1.54, 1.807) is 54.3 Å². The van der Waals surface area contributed by atoms with E-state index in [2.05, 4.69) is 15.7 Å². The van der Waals surface area contributed by atoms with Gasteiger partial charge in [-0.05, 0) is 48.5 Å². The third-order valence-electron chi connectivity index (χ3n) is 5.59. The normalized spacial score (nSPS) is 14.6. The van der Waals surface area contributed by atoms with Gasteiger partial charge in [0.2, 0.25) is 0 Å². The number of ether oxygens (including phenoxy) is 1. The molecule has 0 fully saturated rings. The summed E-state index contributed by atoms with van der Waals surface area (Å²) in [6.45, 7) is 0. The minimum absolute atomic E-state index is 0.324. The lowest BCUT2D eigenvalue weighted by Crippen LogP contribution is -2.22. The van der Waals surface area contributed by atoms with E-state index >= 15 is 0 Å². The lowest BCUT2D eigenvalue weighted by Gasteiger charge is -2.26. The summed E-state index contributed by atoms with van der Waals surface area (Å²) in [6, 6.07) is 20.3. The summed E-state index contributed by atoms with van der Waals surface area (Å²) in [5, 5.41) is 11.2. The molecule has 0 saturated carbocycles. The van der Waals surface area contributed by atoms with Crippen molar-refractivity contribution in [1.29, 1.82) is 0 Å². The number of anilines is 2. The van der Waals surface area contributed by atoms with Crippen LogP contribution >= 0.6 is 11.6 Å². The standard InChI is InChI=1S/C26H20ClFN4O2/c1-34-19-6-4-5-16(13-19)23-14-24(20-7-2-3-8-22(20)28)32-25(31-23)21(15-29-32)26(33)30-18-11-9-17(27)10-12-18/h2-15,24,31H,1H3,(H,30,33). The molecule has 0 saturated heterocycles. The summed E-state index contributed by atoms with van der Waals surface area (Å²) in [5.41, 5.74) is 2.90. The highest BCUT2D eigenvalue weighted by Gasteiger charge is 2.29. The summed E-state index contributed by atoms with van der Waals surface area (Å²) in [5.74, 6) is 0.432. The zero-order valence-electron chi connectivity index (χ0n) is 18.1. The molecule has 0 spiro atoms. The first kappa shape index (κ1) is 21.7. The number of carbonyl (C=O) groups is 1. The van der Waals surface area contributed by atoms with Crippen molar-refractivity contribution in [3.63, 3.8) is 0 Å². The molecule has 34 heavy (non-hydrogen) atoms. The molecule has 3 aromatic carbocycles. The lowest BCUT2D eigenvalue weighted by atomic mass is 10.0. The smallest absolute Gasteiger partial charge is 0.261 e. The Balaban J connectivity index is 1.57. The van der Waals surface area contributed by atoms with E-state index in [1.165, 1.54) is 12.3 Å². The van der Waals surface area contributed by atoms with Crippen LogP contribution in [0.15, 0.2) is 85.1 Å². The van der Waals surface area contributed by atoms with Gasteiger partial charge in [0.15, 0.2) is 0 Å². The van der Waals surface area contributed by atoms with E-state index in [9.17, 15) is 9.18 Å². The van der Waals surface area contributed by atoms with Crippen LogP contribution in [0, 0.1) is 5.82 Å². The summed E-state index contributed by atoms with van der Waals surface area (Å²) in [7, 11) is 1.60. The van der Waals surface area contributed by atoms with E-state index in [0.717, 1.165) is 5.56 Å². The van der Waals surface area contributed by atoms with Crippen LogP contribution in [0.1, 0.15) is 27.5 Å². The molecule has 1 unspecified atom stereocenters. The van der Waals surface area contributed by atoms with Crippen LogP contribution < -0.4 is 15.4 Å². The summed E-state index contributed by atoms with van der Waals surface area (Å²) in [6.07, 6.45) is 3.36. The average Bonchev–Trinajstić information content (AvgIpc) is 3.29. The molecule has 1 atom stereocenters. The fraction of sp³-hybridized carbons (Fsp3) is 0.0769. The Kier molecular flexibility index (Phi) is 5.77. The van der Waals surface area contributed by atoms with Gasteiger partial charge in [0, 0.05) is 27.5 Å². The molecule has 2 heterocycles. The predicted molar refractivity (Wildman–Crippen MR) is 131 cm³/mol. The van der Waals surface area contributed by atoms with Crippen molar-refractivity contribution in [2.75, 3.05) is 17.7 Å². The van der Waals surface area contributed by atoms with Crippen LogP contribution in [0.25, 0.3) is 5.70 Å². The first-order valence-electron chi connectivity index (χ1n) is 10.6. The average molecular weight is 475 g/mol. The van der Waals surface area contributed by atoms with Crippen molar-refractivity contribution in [1.82, 2.24) is 9.78 Å². The second-order valence-corrected chi connectivity index (χ2v) is 8.15. The van der Waals surface area contributed by atoms with Crippen LogP contribution in [0.4, 0.5) is 15.9 Å². The molecule has 0 aliphatic carbocycles. The van der Waals surface area contributed by atoms with Crippen LogP contribution in [-0.4, -0.2) is 22.8 Å². The number of halogens is 2. The number of hydrogen-bond acceptors (Lipinski definition) is 4. The Labute approximate surface area is 200 Å². The number of fused-ring (bicyclic) bond motifs is 1. The number of methoxy groups -OCH3 is 1. The number of aromatic nitrogens is 2. The third kappa shape index (κ3) is 4.13. The van der Waals surface area contributed by atoms with Crippen LogP contribution in [0.5, 0.6) is 5.75 Å². The molecule has 1 amide bonds. The van der Waals surface area contributed by atoms with Gasteiger partial charge in [0.25, 0.3) is 5.91 Å². The molecular weight excluding hydrogens is 455 g/mol. The number of benzene rings is 3. The predicted octanol–water partition coefficient (Wildman–Crippen LogP) is 5.99. The Morgan fingerprint density at radius 3 is 2.68 bits per heavy atom. The van der Waals surface area contributed by atoms with Crippen molar-refractivity contribution in [3.8, 4) is 5.75 Å². The number of allylic oxidation sites excluding steroid dienone is 1. The van der Waals surface area contributed by atoms with Crippen LogP contribution in [-0.2, 0) is 0 Å². The maximum atomic E-state index is 14.8. The largest absolute Gasteiger partial charge is 0.497 e. The minimum Gasteiger partial charge on any atom is -0.497 e. The minimum atomic E-state index is -0.560. The second kappa shape index (κ2) is 9.03. The summed E-state index contributed by atoms with van der Waals surface area (Å²) < 4.78 is 21.8. The van der Waals surface area contributed by atoms with Crippen molar-refractivity contribution >= 4 is 34.7 Å². The van der Waals surface area contributed by atoms with Gasteiger partial charge in [-0.2, -0.15) is 5.10 Å². The topological polar surface area (TPSA) is 68.2 Å². The van der Waals surface area contributed by atoms with E-state index < -0.39 is 6.04 Å². The van der Waals surface area contributed by atoms with Crippen molar-refractivity contribution < 1.29 is 13.9 Å². The first-order valence-corrected chi connectivity index (χ1v) is 10.9. The SMILES string of the molecule is COc1cccc(C2=CC(c3ccccc3F)n3ncc(C(=O)Nc4ccc(Cl)cc4)c3N2)c1. The highest BCUT2D eigenvalue weighted by atomic mass is 35.5. The first-order chi connectivity index (χ1) is 16.5. The fourth-order valence-corrected chi connectivity index (χ4v) is 4.01. The molecule has 5 rings (SSSR count). The van der Waals surface area contributed by atoms with Gasteiger partial charge in [-0.1, -0.05) is 41.9 Å². The number of carbonyl (C=O) groups excluding carboxylic acids is 1. The summed E-state index contributed by atoms with van der Waals surface area (Å²) in [4.78, 5) is 13.1. The van der Waals surface area contributed by atoms with E-state index in [0.29, 0.717) is 39.1 Å². The fourth-order valence-electron chi connectivity index (χ4n) is 3.89. The maximum absolute atomic E-state index is 14.8. The number of amides is 1. The van der Waals surface area contributed by atoms with Gasteiger partial charge < -0.3 is 15.4 Å². The zero-order valence-corrected chi connectivity index (χ0v) is 18.9. The number of nitrogens with zero attached hydrogens (tertiary/aromatic N) is 2. The summed E-state index contributed by atoms with van der Waals surface area (Å²) >= 11 is 5.94. The molecule has 1 aliphatic rings. The van der Waals surface area contributed by atoms with E-state index in [1.807, 2.05) is 30.3 Å². The van der Waals surface area contributed by atoms with Gasteiger partial charge in [0.1, 0.15) is 29.0 Å². The monoisotopic (exact) mass is 474 g/mol. The maximum Gasteiger partial charge on any atom is 0.261 e. The molecule has 4 aromatic rings. The van der Waals surface area contributed by atoms with Gasteiger partial charge in [-0.15, -0.1) is 0 Å². The third-order valence-corrected chi connectivity index (χ3v) is 5.84. The Morgan fingerprint density at radius 2 is 1.91 bits per heavy atom. The highest BCUT2D eigenvalue weighted by molar-refractivity contribution is 6.30. The van der Waals surface area contributed by atoms with Crippen molar-refractivity contribution in [2.45, 2.75) is 6.04 Å². The highest BCUT2D eigenvalue weighted by Crippen LogP contribution is 2.36. The van der Waals surface area contributed by atoms with Crippen molar-refractivity contribution in [2.24, 2.45) is 0 Å². The lowest BCUT2D eigenvalue weighted by molar-refractivity contribution is 0.102. The van der Waals surface area contributed by atoms with Crippen LogP contribution in [0.2, 0.25) is 5.02 Å². The second-order valence-electron chi connectivity index (χ2n) is 7.72. The zero-order chi connectivity index (χ0) is 23.7. The molecule has 6 nitrogen and oxygen atoms in total. The number of hydrogen-bond donors (Lipinski definition) is 2. The molecular formula is C26H20ClFN4O2. The Morgan fingerprint density at radius 1 is 1.12 bits per heavy atom. The van der Waals surface area contributed by atoms with Gasteiger partial charge in [-0.3, -0.25) is 4.79 Å². The quantitative estimate of drug-likeness (QED) is 0.372. The number of rotatable bonds is 5. The molecule has 0 radical (unpaired) electrons. The van der Waals surface area contributed by atoms with Crippen LogP contribution in [0.3, 0.4) is 0 Å². The van der Waals surface area contributed by atoms with E-state index in [-0.39, 0.29) is 11.7 Å². The molecule has 1 aromatic heterocycles. The van der Waals surface area contributed by atoms with Gasteiger partial charge >= 0.3 is 0 Å². The molecule has 170 valence electrons. The van der Waals surface area contributed by atoms with Gasteiger partial charge in [-0.25, -0.2) is 9.07 Å². The Hall–Kier alpha value is -4.10. The van der Waals surface area contributed by atoms with Crippen molar-refractivity contribution in [3.05, 3.63) is 113 Å². The molecule has 0 bridgehead atoms. The van der Waals surface area contributed by atoms with E-state index in [4.69, 9.17) is 16.3 Å². The molecule has 2 N–H and O–H groups in total.